The normalized spacial score (nSPS) is 28.0. The van der Waals surface area contributed by atoms with Crippen molar-refractivity contribution in [2.45, 2.75) is 39.2 Å². The Morgan fingerprint density at radius 1 is 1.29 bits per heavy atom. The number of piperidine rings is 1. The van der Waals surface area contributed by atoms with Gasteiger partial charge >= 0.3 is 0 Å². The van der Waals surface area contributed by atoms with Crippen molar-refractivity contribution in [3.05, 3.63) is 16.1 Å². The van der Waals surface area contributed by atoms with Crippen molar-refractivity contribution in [2.75, 3.05) is 46.4 Å². The Hall–Kier alpha value is -0.490. The van der Waals surface area contributed by atoms with Gasteiger partial charge in [0.15, 0.2) is 0 Å². The molecule has 0 bridgehead atoms. The first-order valence-corrected chi connectivity index (χ1v) is 10.4. The lowest BCUT2D eigenvalue weighted by Gasteiger charge is -2.42. The Bertz CT molecular complexity index is 549. The van der Waals surface area contributed by atoms with Gasteiger partial charge in [0, 0.05) is 36.7 Å². The molecular formula is C19H31N3OS. The molecule has 1 aliphatic carbocycles. The van der Waals surface area contributed by atoms with E-state index in [0.717, 1.165) is 37.3 Å². The summed E-state index contributed by atoms with van der Waals surface area (Å²) in [5, 5.41) is 3.44. The average molecular weight is 350 g/mol. The van der Waals surface area contributed by atoms with Crippen LogP contribution in [0.25, 0.3) is 0 Å². The molecule has 4 nitrogen and oxygen atoms in total. The lowest BCUT2D eigenvalue weighted by molar-refractivity contribution is 0.0167. The van der Waals surface area contributed by atoms with Gasteiger partial charge in [-0.3, -0.25) is 4.90 Å². The summed E-state index contributed by atoms with van der Waals surface area (Å²) in [6.45, 7) is 10.0. The number of thiazole rings is 1. The van der Waals surface area contributed by atoms with Gasteiger partial charge in [0.05, 0.1) is 13.2 Å². The molecule has 5 heteroatoms. The molecule has 1 aromatic heterocycles. The van der Waals surface area contributed by atoms with Crippen LogP contribution in [-0.4, -0.2) is 61.2 Å². The van der Waals surface area contributed by atoms with Crippen LogP contribution in [0.5, 0.6) is 0 Å². The molecule has 0 aromatic carbocycles. The lowest BCUT2D eigenvalue weighted by Crippen LogP contribution is -2.44. The van der Waals surface area contributed by atoms with Gasteiger partial charge in [0.25, 0.3) is 0 Å². The van der Waals surface area contributed by atoms with E-state index in [1.165, 1.54) is 56.9 Å². The van der Waals surface area contributed by atoms with Gasteiger partial charge in [-0.25, -0.2) is 4.98 Å². The highest BCUT2D eigenvalue weighted by Gasteiger charge is 2.47. The number of hydrogen-bond acceptors (Lipinski definition) is 5. The summed E-state index contributed by atoms with van der Waals surface area (Å²) >= 11 is 1.81. The number of ether oxygens (including phenoxy) is 1. The topological polar surface area (TPSA) is 28.6 Å². The smallest absolute Gasteiger partial charge is 0.107 e. The molecular weight excluding hydrogens is 318 g/mol. The quantitative estimate of drug-likeness (QED) is 0.789. The van der Waals surface area contributed by atoms with Gasteiger partial charge in [-0.15, -0.1) is 11.3 Å². The minimum Gasteiger partial charge on any atom is -0.381 e. The minimum absolute atomic E-state index is 0.494. The van der Waals surface area contributed by atoms with Crippen molar-refractivity contribution in [2.24, 2.45) is 17.3 Å². The van der Waals surface area contributed by atoms with Crippen molar-refractivity contribution in [3.8, 4) is 0 Å². The van der Waals surface area contributed by atoms with E-state index in [1.54, 1.807) is 11.3 Å². The number of aromatic nitrogens is 1. The molecule has 2 saturated heterocycles. The van der Waals surface area contributed by atoms with Gasteiger partial charge < -0.3 is 9.64 Å². The van der Waals surface area contributed by atoms with Crippen molar-refractivity contribution in [1.29, 1.82) is 0 Å². The van der Waals surface area contributed by atoms with Crippen LogP contribution in [0.1, 0.15) is 36.4 Å². The fraction of sp³-hybridized carbons (Fsp3) is 0.842. The second-order valence-electron chi connectivity index (χ2n) is 8.40. The number of aryl methyl sites for hydroxylation is 1. The maximum Gasteiger partial charge on any atom is 0.107 e. The summed E-state index contributed by atoms with van der Waals surface area (Å²) in [6, 6.07) is 0. The van der Waals surface area contributed by atoms with Crippen LogP contribution < -0.4 is 0 Å². The minimum atomic E-state index is 0.494. The van der Waals surface area contributed by atoms with Crippen molar-refractivity contribution < 1.29 is 4.74 Å². The summed E-state index contributed by atoms with van der Waals surface area (Å²) in [6.07, 6.45) is 5.42. The molecule has 1 atom stereocenters. The first-order chi connectivity index (χ1) is 11.6. The van der Waals surface area contributed by atoms with E-state index < -0.39 is 0 Å². The largest absolute Gasteiger partial charge is 0.381 e. The maximum absolute atomic E-state index is 6.09. The molecule has 2 aliphatic heterocycles. The summed E-state index contributed by atoms with van der Waals surface area (Å²) in [7, 11) is 2.29. The van der Waals surface area contributed by atoms with Crippen LogP contribution in [0, 0.1) is 24.2 Å². The van der Waals surface area contributed by atoms with Crippen LogP contribution in [0.15, 0.2) is 5.38 Å². The molecule has 1 saturated carbocycles. The zero-order chi connectivity index (χ0) is 16.6. The third-order valence-corrected chi connectivity index (χ3v) is 7.18. The van der Waals surface area contributed by atoms with Crippen LogP contribution in [0.3, 0.4) is 0 Å². The Morgan fingerprint density at radius 3 is 2.75 bits per heavy atom. The van der Waals surface area contributed by atoms with Crippen LogP contribution >= 0.6 is 11.3 Å². The molecule has 0 N–H and O–H groups in total. The Balaban J connectivity index is 1.31. The average Bonchev–Trinajstić information content (AvgIpc) is 3.21. The highest BCUT2D eigenvalue weighted by atomic mass is 32.1. The SMILES string of the molecule is Cc1csc(CN2CCC3(CC2)CN(C)CC3COCC2CC2)n1. The Kier molecular flexibility index (Phi) is 4.96. The number of likely N-dealkylation sites (tertiary alicyclic amines) is 2. The second kappa shape index (κ2) is 7.02. The van der Waals surface area contributed by atoms with Gasteiger partial charge in [0.2, 0.25) is 0 Å². The number of nitrogens with zero attached hydrogens (tertiary/aromatic N) is 3. The summed E-state index contributed by atoms with van der Waals surface area (Å²) in [5.74, 6) is 1.61. The standard InChI is InChI=1S/C19H31N3OS/c1-15-13-24-18(20-15)10-22-7-5-19(6-8-22)14-21(2)9-17(19)12-23-11-16-3-4-16/h13,16-17H,3-12,14H2,1-2H3. The Morgan fingerprint density at radius 2 is 2.08 bits per heavy atom. The third kappa shape index (κ3) is 3.85. The van der Waals surface area contributed by atoms with Crippen LogP contribution in [-0.2, 0) is 11.3 Å². The van der Waals surface area contributed by atoms with E-state index in [1.807, 2.05) is 0 Å². The van der Waals surface area contributed by atoms with Gasteiger partial charge in [-0.05, 0) is 64.1 Å². The molecule has 1 spiro atoms. The van der Waals surface area contributed by atoms with Crippen LogP contribution in [0.4, 0.5) is 0 Å². The molecule has 4 rings (SSSR count). The van der Waals surface area contributed by atoms with E-state index in [4.69, 9.17) is 4.74 Å². The van der Waals surface area contributed by atoms with E-state index >= 15 is 0 Å². The number of rotatable bonds is 6. The molecule has 1 aromatic rings. The Labute approximate surface area is 150 Å². The number of hydrogen-bond donors (Lipinski definition) is 0. The maximum atomic E-state index is 6.09. The zero-order valence-electron chi connectivity index (χ0n) is 15.2. The predicted molar refractivity (Wildman–Crippen MR) is 98.3 cm³/mol. The predicted octanol–water partition coefficient (Wildman–Crippen LogP) is 3.02. The first-order valence-electron chi connectivity index (χ1n) is 9.53. The molecule has 3 aliphatic rings. The summed E-state index contributed by atoms with van der Waals surface area (Å²) in [4.78, 5) is 9.77. The van der Waals surface area contributed by atoms with E-state index in [-0.39, 0.29) is 0 Å². The zero-order valence-corrected chi connectivity index (χ0v) is 16.0. The van der Waals surface area contributed by atoms with Gasteiger partial charge in [0.1, 0.15) is 5.01 Å². The second-order valence-corrected chi connectivity index (χ2v) is 9.34. The highest BCUT2D eigenvalue weighted by Crippen LogP contribution is 2.44. The van der Waals surface area contributed by atoms with Crippen molar-refractivity contribution in [1.82, 2.24) is 14.8 Å². The van der Waals surface area contributed by atoms with Crippen molar-refractivity contribution in [3.63, 3.8) is 0 Å². The van der Waals surface area contributed by atoms with Crippen molar-refractivity contribution >= 4 is 11.3 Å². The molecule has 0 radical (unpaired) electrons. The fourth-order valence-corrected chi connectivity index (χ4v) is 5.39. The fourth-order valence-electron chi connectivity index (χ4n) is 4.58. The summed E-state index contributed by atoms with van der Waals surface area (Å²) in [5.41, 5.74) is 1.65. The van der Waals surface area contributed by atoms with E-state index in [0.29, 0.717) is 5.41 Å². The molecule has 3 fully saturated rings. The van der Waals surface area contributed by atoms with Gasteiger partial charge in [-0.1, -0.05) is 0 Å². The summed E-state index contributed by atoms with van der Waals surface area (Å²) < 4.78 is 6.09. The van der Waals surface area contributed by atoms with E-state index in [2.05, 4.69) is 34.1 Å². The molecule has 134 valence electrons. The molecule has 0 amide bonds. The highest BCUT2D eigenvalue weighted by molar-refractivity contribution is 7.09. The first kappa shape index (κ1) is 17.0. The molecule has 3 heterocycles. The van der Waals surface area contributed by atoms with E-state index in [9.17, 15) is 0 Å². The molecule has 1 unspecified atom stereocenters. The molecule has 24 heavy (non-hydrogen) atoms. The van der Waals surface area contributed by atoms with Gasteiger partial charge in [-0.2, -0.15) is 0 Å². The third-order valence-electron chi connectivity index (χ3n) is 6.23. The monoisotopic (exact) mass is 349 g/mol. The lowest BCUT2D eigenvalue weighted by atomic mass is 9.71. The van der Waals surface area contributed by atoms with Crippen LogP contribution in [0.2, 0.25) is 0 Å².